The number of hydrogen-bond acceptors (Lipinski definition) is 2. The lowest BCUT2D eigenvalue weighted by atomic mass is 10.0. The molecular formula is C13H17NO2. The molecule has 3 heteroatoms. The van der Waals surface area contributed by atoms with Gasteiger partial charge in [-0.3, -0.25) is 4.79 Å². The minimum Gasteiger partial charge on any atom is -0.388 e. The highest BCUT2D eigenvalue weighted by atomic mass is 16.3. The van der Waals surface area contributed by atoms with Gasteiger partial charge in [-0.2, -0.15) is 0 Å². The standard InChI is InChI=1S/C13H17NO2/c1-3-4-12(15)9-5-6-11-10(7-9)8-13(16)14(11)2/h5-7,12,15H,3-4,8H2,1-2H3. The monoisotopic (exact) mass is 219 g/mol. The lowest BCUT2D eigenvalue weighted by Gasteiger charge is -2.13. The normalized spacial score (nSPS) is 16.4. The highest BCUT2D eigenvalue weighted by molar-refractivity contribution is 6.00. The molecule has 1 N–H and O–H groups in total. The van der Waals surface area contributed by atoms with Crippen molar-refractivity contribution in [2.45, 2.75) is 32.3 Å². The highest BCUT2D eigenvalue weighted by Gasteiger charge is 2.24. The summed E-state index contributed by atoms with van der Waals surface area (Å²) in [5.74, 6) is 0.122. The van der Waals surface area contributed by atoms with E-state index < -0.39 is 6.10 Å². The largest absolute Gasteiger partial charge is 0.388 e. The molecule has 0 fully saturated rings. The third-order valence-electron chi connectivity index (χ3n) is 3.13. The van der Waals surface area contributed by atoms with Crippen LogP contribution in [0.3, 0.4) is 0 Å². The Bertz CT molecular complexity index is 414. The summed E-state index contributed by atoms with van der Waals surface area (Å²) in [5.41, 5.74) is 2.92. The van der Waals surface area contributed by atoms with Crippen LogP contribution in [-0.4, -0.2) is 18.1 Å². The number of anilines is 1. The van der Waals surface area contributed by atoms with E-state index in [0.717, 1.165) is 29.7 Å². The van der Waals surface area contributed by atoms with Crippen LogP contribution in [0, 0.1) is 0 Å². The van der Waals surface area contributed by atoms with Crippen LogP contribution in [0.4, 0.5) is 5.69 Å². The van der Waals surface area contributed by atoms with E-state index in [1.54, 1.807) is 11.9 Å². The number of carbonyl (C=O) groups is 1. The molecule has 0 bridgehead atoms. The fourth-order valence-electron chi connectivity index (χ4n) is 2.14. The number of benzene rings is 1. The molecule has 16 heavy (non-hydrogen) atoms. The molecule has 1 amide bonds. The predicted molar refractivity (Wildman–Crippen MR) is 63.4 cm³/mol. The van der Waals surface area contributed by atoms with Gasteiger partial charge in [-0.05, 0) is 23.6 Å². The lowest BCUT2D eigenvalue weighted by molar-refractivity contribution is -0.117. The number of aliphatic hydroxyl groups is 1. The smallest absolute Gasteiger partial charge is 0.231 e. The molecule has 86 valence electrons. The molecule has 0 spiro atoms. The van der Waals surface area contributed by atoms with Gasteiger partial charge in [0.15, 0.2) is 0 Å². The first kappa shape index (κ1) is 11.1. The summed E-state index contributed by atoms with van der Waals surface area (Å²) in [6.07, 6.45) is 1.77. The molecule has 1 aromatic rings. The first-order valence-corrected chi connectivity index (χ1v) is 5.71. The topological polar surface area (TPSA) is 40.5 Å². The highest BCUT2D eigenvalue weighted by Crippen LogP contribution is 2.30. The zero-order chi connectivity index (χ0) is 11.7. The number of aliphatic hydroxyl groups excluding tert-OH is 1. The molecule has 1 unspecified atom stereocenters. The number of fused-ring (bicyclic) bond motifs is 1. The van der Waals surface area contributed by atoms with Crippen molar-refractivity contribution >= 4 is 11.6 Å². The molecule has 0 aliphatic carbocycles. The molecule has 1 aliphatic rings. The average molecular weight is 219 g/mol. The zero-order valence-corrected chi connectivity index (χ0v) is 9.73. The second kappa shape index (κ2) is 4.26. The number of hydrogen-bond donors (Lipinski definition) is 1. The molecule has 1 aliphatic heterocycles. The van der Waals surface area contributed by atoms with E-state index in [9.17, 15) is 9.90 Å². The van der Waals surface area contributed by atoms with Gasteiger partial charge in [0, 0.05) is 12.7 Å². The van der Waals surface area contributed by atoms with E-state index in [0.29, 0.717) is 6.42 Å². The van der Waals surface area contributed by atoms with Crippen LogP contribution in [-0.2, 0) is 11.2 Å². The van der Waals surface area contributed by atoms with E-state index in [-0.39, 0.29) is 5.91 Å². The molecule has 0 saturated carbocycles. The molecule has 1 heterocycles. The van der Waals surface area contributed by atoms with Gasteiger partial charge in [-0.25, -0.2) is 0 Å². The van der Waals surface area contributed by atoms with Crippen molar-refractivity contribution in [3.05, 3.63) is 29.3 Å². The summed E-state index contributed by atoms with van der Waals surface area (Å²) in [4.78, 5) is 13.2. The van der Waals surface area contributed by atoms with Crippen molar-refractivity contribution in [3.8, 4) is 0 Å². The van der Waals surface area contributed by atoms with Crippen molar-refractivity contribution in [2.75, 3.05) is 11.9 Å². The Hall–Kier alpha value is -1.35. The minimum absolute atomic E-state index is 0.122. The molecular weight excluding hydrogens is 202 g/mol. The van der Waals surface area contributed by atoms with E-state index in [2.05, 4.69) is 0 Å². The van der Waals surface area contributed by atoms with Gasteiger partial charge in [-0.15, -0.1) is 0 Å². The second-order valence-corrected chi connectivity index (χ2v) is 4.32. The van der Waals surface area contributed by atoms with Gasteiger partial charge >= 0.3 is 0 Å². The van der Waals surface area contributed by atoms with Gasteiger partial charge < -0.3 is 10.0 Å². The van der Waals surface area contributed by atoms with Crippen molar-refractivity contribution in [1.29, 1.82) is 0 Å². The maximum Gasteiger partial charge on any atom is 0.231 e. The number of nitrogens with zero attached hydrogens (tertiary/aromatic N) is 1. The van der Waals surface area contributed by atoms with E-state index >= 15 is 0 Å². The van der Waals surface area contributed by atoms with Crippen LogP contribution in [0.1, 0.15) is 37.0 Å². The van der Waals surface area contributed by atoms with E-state index in [1.807, 2.05) is 25.1 Å². The SMILES string of the molecule is CCCC(O)c1ccc2c(c1)CC(=O)N2C. The van der Waals surface area contributed by atoms with Crippen LogP contribution in [0.25, 0.3) is 0 Å². The summed E-state index contributed by atoms with van der Waals surface area (Å²) in [5, 5.41) is 9.89. The van der Waals surface area contributed by atoms with Gasteiger partial charge in [-0.1, -0.05) is 25.5 Å². The van der Waals surface area contributed by atoms with Crippen LogP contribution in [0.15, 0.2) is 18.2 Å². The fourth-order valence-corrected chi connectivity index (χ4v) is 2.14. The molecule has 1 aromatic carbocycles. The molecule has 0 saturated heterocycles. The molecule has 0 aromatic heterocycles. The number of amides is 1. The molecule has 3 nitrogen and oxygen atoms in total. The lowest BCUT2D eigenvalue weighted by Crippen LogP contribution is -2.20. The van der Waals surface area contributed by atoms with Gasteiger partial charge in [0.2, 0.25) is 5.91 Å². The second-order valence-electron chi connectivity index (χ2n) is 4.32. The summed E-state index contributed by atoms with van der Waals surface area (Å²) in [6, 6.07) is 5.79. The van der Waals surface area contributed by atoms with Crippen LogP contribution >= 0.6 is 0 Å². The summed E-state index contributed by atoms with van der Waals surface area (Å²) >= 11 is 0. The summed E-state index contributed by atoms with van der Waals surface area (Å²) < 4.78 is 0. The number of carbonyl (C=O) groups excluding carboxylic acids is 1. The van der Waals surface area contributed by atoms with Crippen LogP contribution < -0.4 is 4.90 Å². The Balaban J connectivity index is 2.28. The summed E-state index contributed by atoms with van der Waals surface area (Å²) in [7, 11) is 1.79. The van der Waals surface area contributed by atoms with Crippen molar-refractivity contribution in [2.24, 2.45) is 0 Å². The zero-order valence-electron chi connectivity index (χ0n) is 9.73. The molecule has 1 atom stereocenters. The number of likely N-dealkylation sites (N-methyl/N-ethyl adjacent to an activating group) is 1. The quantitative estimate of drug-likeness (QED) is 0.845. The van der Waals surface area contributed by atoms with Gasteiger partial charge in [0.25, 0.3) is 0 Å². The third-order valence-corrected chi connectivity index (χ3v) is 3.13. The summed E-state index contributed by atoms with van der Waals surface area (Å²) in [6.45, 7) is 2.05. The first-order chi connectivity index (χ1) is 7.63. The predicted octanol–water partition coefficient (Wildman–Crippen LogP) is 2.04. The van der Waals surface area contributed by atoms with Crippen molar-refractivity contribution in [3.63, 3.8) is 0 Å². The fraction of sp³-hybridized carbons (Fsp3) is 0.462. The Morgan fingerprint density at radius 3 is 2.94 bits per heavy atom. The Labute approximate surface area is 95.7 Å². The van der Waals surface area contributed by atoms with Crippen molar-refractivity contribution < 1.29 is 9.90 Å². The maximum atomic E-state index is 11.5. The molecule has 2 rings (SSSR count). The van der Waals surface area contributed by atoms with E-state index in [4.69, 9.17) is 0 Å². The van der Waals surface area contributed by atoms with Crippen molar-refractivity contribution in [1.82, 2.24) is 0 Å². The van der Waals surface area contributed by atoms with Crippen LogP contribution in [0.2, 0.25) is 0 Å². The Morgan fingerprint density at radius 2 is 2.25 bits per heavy atom. The third kappa shape index (κ3) is 1.83. The maximum absolute atomic E-state index is 11.5. The number of rotatable bonds is 3. The van der Waals surface area contributed by atoms with E-state index in [1.165, 1.54) is 0 Å². The minimum atomic E-state index is -0.406. The first-order valence-electron chi connectivity index (χ1n) is 5.71. The van der Waals surface area contributed by atoms with Gasteiger partial charge in [0.05, 0.1) is 12.5 Å². The Kier molecular flexibility index (Phi) is 2.97. The Morgan fingerprint density at radius 1 is 1.50 bits per heavy atom. The van der Waals surface area contributed by atoms with Gasteiger partial charge in [0.1, 0.15) is 0 Å². The van der Waals surface area contributed by atoms with Crippen LogP contribution in [0.5, 0.6) is 0 Å². The average Bonchev–Trinajstić information content (AvgIpc) is 2.55. The molecule has 0 radical (unpaired) electrons.